The van der Waals surface area contributed by atoms with Gasteiger partial charge in [-0.3, -0.25) is 0 Å². The first-order chi connectivity index (χ1) is 14.7. The summed E-state index contributed by atoms with van der Waals surface area (Å²) in [5.74, 6) is -4.38. The molecular formula is C25H14F6. The van der Waals surface area contributed by atoms with Crippen molar-refractivity contribution in [3.05, 3.63) is 108 Å². The zero-order chi connectivity index (χ0) is 22.2. The Labute approximate surface area is 174 Å². The molecule has 0 aliphatic carbocycles. The van der Waals surface area contributed by atoms with Crippen LogP contribution in [0.3, 0.4) is 0 Å². The van der Waals surface area contributed by atoms with Gasteiger partial charge in [0.15, 0.2) is 0 Å². The minimum atomic E-state index is -5.18. The summed E-state index contributed by atoms with van der Waals surface area (Å²) in [4.78, 5) is 0. The summed E-state index contributed by atoms with van der Waals surface area (Å²) < 4.78 is 80.7. The van der Waals surface area contributed by atoms with E-state index in [4.69, 9.17) is 0 Å². The van der Waals surface area contributed by atoms with Crippen molar-refractivity contribution in [3.63, 3.8) is 0 Å². The third-order valence-electron chi connectivity index (χ3n) is 4.93. The minimum Gasteiger partial charge on any atom is -0.206 e. The van der Waals surface area contributed by atoms with Crippen LogP contribution in [0.4, 0.5) is 26.3 Å². The van der Waals surface area contributed by atoms with Gasteiger partial charge in [-0.25, -0.2) is 13.2 Å². The molecule has 0 nitrogen and oxygen atoms in total. The summed E-state index contributed by atoms with van der Waals surface area (Å²) in [5.41, 5.74) is 0.747. The lowest BCUT2D eigenvalue weighted by atomic mass is 9.97. The van der Waals surface area contributed by atoms with E-state index >= 15 is 0 Å². The maximum Gasteiger partial charge on any atom is 0.422 e. The number of benzene rings is 4. The highest BCUT2D eigenvalue weighted by Gasteiger charge is 2.38. The lowest BCUT2D eigenvalue weighted by Gasteiger charge is -2.12. The van der Waals surface area contributed by atoms with E-state index in [1.54, 1.807) is 6.07 Å². The highest BCUT2D eigenvalue weighted by Crippen LogP contribution is 2.37. The van der Waals surface area contributed by atoms with Gasteiger partial charge in [0.2, 0.25) is 0 Å². The van der Waals surface area contributed by atoms with Gasteiger partial charge in [-0.05, 0) is 46.0 Å². The summed E-state index contributed by atoms with van der Waals surface area (Å²) in [6.45, 7) is 0. The topological polar surface area (TPSA) is 0 Å². The molecule has 31 heavy (non-hydrogen) atoms. The molecule has 0 spiro atoms. The average Bonchev–Trinajstić information content (AvgIpc) is 2.73. The van der Waals surface area contributed by atoms with Crippen LogP contribution in [0.2, 0.25) is 0 Å². The Morgan fingerprint density at radius 3 is 1.42 bits per heavy atom. The van der Waals surface area contributed by atoms with Gasteiger partial charge in [-0.1, -0.05) is 66.7 Å². The van der Waals surface area contributed by atoms with Gasteiger partial charge in [0, 0.05) is 5.56 Å². The van der Waals surface area contributed by atoms with Crippen LogP contribution in [0.15, 0.2) is 84.9 Å². The average molecular weight is 428 g/mol. The maximum atomic E-state index is 14.7. The Balaban J connectivity index is 1.66. The molecule has 0 saturated carbocycles. The Morgan fingerprint density at radius 1 is 0.452 bits per heavy atom. The van der Waals surface area contributed by atoms with Crippen molar-refractivity contribution in [2.24, 2.45) is 0 Å². The Hall–Kier alpha value is -3.54. The molecule has 0 heterocycles. The van der Waals surface area contributed by atoms with Crippen molar-refractivity contribution in [1.29, 1.82) is 0 Å². The summed E-state index contributed by atoms with van der Waals surface area (Å²) in [6, 6.07) is 22.1. The maximum absolute atomic E-state index is 14.7. The molecule has 4 aromatic carbocycles. The predicted octanol–water partition coefficient (Wildman–Crippen LogP) is 8.12. The zero-order valence-corrected chi connectivity index (χ0v) is 15.9. The molecule has 0 radical (unpaired) electrons. The first kappa shape index (κ1) is 20.7. The molecule has 0 amide bonds. The number of rotatable bonds is 3. The van der Waals surface area contributed by atoms with E-state index in [0.29, 0.717) is 17.7 Å². The van der Waals surface area contributed by atoms with E-state index in [0.717, 1.165) is 16.7 Å². The second-order valence-electron chi connectivity index (χ2n) is 6.95. The molecule has 4 rings (SSSR count). The van der Waals surface area contributed by atoms with Crippen molar-refractivity contribution < 1.29 is 26.3 Å². The van der Waals surface area contributed by atoms with Gasteiger partial charge in [-0.2, -0.15) is 13.2 Å². The van der Waals surface area contributed by atoms with Crippen LogP contribution in [0, 0.1) is 17.5 Å². The first-order valence-corrected chi connectivity index (χ1v) is 9.26. The normalized spacial score (nSPS) is 11.5. The molecule has 0 N–H and O–H groups in total. The fourth-order valence-corrected chi connectivity index (χ4v) is 3.41. The Morgan fingerprint density at radius 2 is 0.903 bits per heavy atom. The van der Waals surface area contributed by atoms with Crippen LogP contribution in [-0.4, -0.2) is 0 Å². The number of halogens is 6. The van der Waals surface area contributed by atoms with Gasteiger partial charge >= 0.3 is 6.18 Å². The summed E-state index contributed by atoms with van der Waals surface area (Å²) in [7, 11) is 0. The third kappa shape index (κ3) is 4.19. The highest BCUT2D eigenvalue weighted by molar-refractivity contribution is 5.74. The van der Waals surface area contributed by atoms with Crippen LogP contribution < -0.4 is 0 Å². The molecule has 0 bridgehead atoms. The molecule has 0 aliphatic heterocycles. The molecule has 4 aromatic rings. The summed E-state index contributed by atoms with van der Waals surface area (Å²) >= 11 is 0. The van der Waals surface area contributed by atoms with E-state index in [1.165, 1.54) is 12.1 Å². The molecule has 0 fully saturated rings. The van der Waals surface area contributed by atoms with E-state index in [-0.39, 0.29) is 11.1 Å². The molecule has 0 atom stereocenters. The van der Waals surface area contributed by atoms with Crippen molar-refractivity contribution in [1.82, 2.24) is 0 Å². The number of hydrogen-bond donors (Lipinski definition) is 0. The zero-order valence-electron chi connectivity index (χ0n) is 15.9. The molecule has 0 unspecified atom stereocenters. The molecule has 0 aromatic heterocycles. The predicted molar refractivity (Wildman–Crippen MR) is 108 cm³/mol. The lowest BCUT2D eigenvalue weighted by Crippen LogP contribution is -2.11. The van der Waals surface area contributed by atoms with Crippen LogP contribution in [0.5, 0.6) is 0 Å². The van der Waals surface area contributed by atoms with Gasteiger partial charge in [-0.15, -0.1) is 0 Å². The molecule has 6 heteroatoms. The number of alkyl halides is 3. The molecule has 156 valence electrons. The van der Waals surface area contributed by atoms with Crippen molar-refractivity contribution in [2.45, 2.75) is 6.18 Å². The summed E-state index contributed by atoms with van der Waals surface area (Å²) in [5, 5.41) is 0. The minimum absolute atomic E-state index is 0.198. The first-order valence-electron chi connectivity index (χ1n) is 9.26. The van der Waals surface area contributed by atoms with Crippen LogP contribution in [-0.2, 0) is 6.18 Å². The Kier molecular flexibility index (Phi) is 5.31. The summed E-state index contributed by atoms with van der Waals surface area (Å²) in [6.07, 6.45) is -5.18. The fraction of sp³-hybridized carbons (Fsp3) is 0.0400. The lowest BCUT2D eigenvalue weighted by molar-refractivity contribution is -0.142. The monoisotopic (exact) mass is 428 g/mol. The van der Waals surface area contributed by atoms with Gasteiger partial charge < -0.3 is 0 Å². The second kappa shape index (κ2) is 7.95. The van der Waals surface area contributed by atoms with E-state index in [1.807, 2.05) is 54.6 Å². The van der Waals surface area contributed by atoms with Crippen LogP contribution in [0.25, 0.3) is 33.4 Å². The van der Waals surface area contributed by atoms with E-state index in [9.17, 15) is 26.3 Å². The largest absolute Gasteiger partial charge is 0.422 e. The van der Waals surface area contributed by atoms with Crippen molar-refractivity contribution in [2.75, 3.05) is 0 Å². The highest BCUT2D eigenvalue weighted by atomic mass is 19.4. The van der Waals surface area contributed by atoms with Crippen LogP contribution >= 0.6 is 0 Å². The molecule has 0 saturated heterocycles. The standard InChI is InChI=1S/C25H14F6/c26-21-12-18(17-8-6-16(7-9-17)15-4-2-1-3-5-15)10-11-20(21)19-13-22(27)24(23(28)14-19)25(29,30)31/h1-14H. The second-order valence-corrected chi connectivity index (χ2v) is 6.95. The van der Waals surface area contributed by atoms with Crippen LogP contribution in [0.1, 0.15) is 5.56 Å². The Bertz CT molecular complexity index is 1200. The van der Waals surface area contributed by atoms with E-state index in [2.05, 4.69) is 0 Å². The SMILES string of the molecule is Fc1cc(-c2ccc(-c3ccccc3)cc2)ccc1-c1cc(F)c(C(F)(F)F)c(F)c1. The molecule has 0 aliphatic rings. The third-order valence-corrected chi connectivity index (χ3v) is 4.93. The van der Waals surface area contributed by atoms with Crippen molar-refractivity contribution in [3.8, 4) is 33.4 Å². The van der Waals surface area contributed by atoms with Gasteiger partial charge in [0.25, 0.3) is 0 Å². The fourth-order valence-electron chi connectivity index (χ4n) is 3.41. The molecular weight excluding hydrogens is 414 g/mol. The van der Waals surface area contributed by atoms with Gasteiger partial charge in [0.05, 0.1) is 0 Å². The smallest absolute Gasteiger partial charge is 0.206 e. The van der Waals surface area contributed by atoms with E-state index < -0.39 is 29.2 Å². The number of hydrogen-bond acceptors (Lipinski definition) is 0. The van der Waals surface area contributed by atoms with Crippen molar-refractivity contribution >= 4 is 0 Å². The van der Waals surface area contributed by atoms with Gasteiger partial charge in [0.1, 0.15) is 23.0 Å². The quantitative estimate of drug-likeness (QED) is 0.289.